The summed E-state index contributed by atoms with van der Waals surface area (Å²) in [6, 6.07) is -3.56. The smallest absolute Gasteiger partial charge is 0.326 e. The van der Waals surface area contributed by atoms with Crippen molar-refractivity contribution in [3.63, 3.8) is 0 Å². The van der Waals surface area contributed by atoms with Gasteiger partial charge in [-0.2, -0.15) is 11.8 Å². The van der Waals surface area contributed by atoms with Crippen LogP contribution >= 0.6 is 11.8 Å². The van der Waals surface area contributed by atoms with E-state index in [1.807, 2.05) is 20.1 Å². The average molecular weight is 405 g/mol. The zero-order valence-electron chi connectivity index (χ0n) is 16.6. The van der Waals surface area contributed by atoms with Crippen molar-refractivity contribution in [2.75, 3.05) is 12.0 Å². The lowest BCUT2D eigenvalue weighted by atomic mass is 10.0. The maximum atomic E-state index is 12.4. The number of rotatable bonds is 12. The van der Waals surface area contributed by atoms with E-state index in [2.05, 4.69) is 16.0 Å². The predicted octanol–water partition coefficient (Wildman–Crippen LogP) is -0.308. The van der Waals surface area contributed by atoms with Gasteiger partial charge in [-0.3, -0.25) is 14.4 Å². The molecule has 10 heteroatoms. The standard InChI is InChI=1S/C17H32N4O5S/c1-9(2)8-13(17(25)26)21-15(23)11(4)19-16(24)12(6-7-27-5)20-14(22)10(3)18/h9-13H,6-8,18H2,1-5H3,(H,19,24)(H,20,22)(H,21,23)(H,25,26). The number of nitrogens with one attached hydrogen (secondary N) is 3. The van der Waals surface area contributed by atoms with Crippen molar-refractivity contribution in [1.29, 1.82) is 0 Å². The molecule has 0 aromatic heterocycles. The Balaban J connectivity index is 4.90. The highest BCUT2D eigenvalue weighted by Gasteiger charge is 2.27. The van der Waals surface area contributed by atoms with Gasteiger partial charge in [0.1, 0.15) is 18.1 Å². The van der Waals surface area contributed by atoms with Gasteiger partial charge in [0.05, 0.1) is 6.04 Å². The second-order valence-electron chi connectivity index (χ2n) is 6.89. The van der Waals surface area contributed by atoms with Gasteiger partial charge in [-0.25, -0.2) is 4.79 Å². The summed E-state index contributed by atoms with van der Waals surface area (Å²) in [5.74, 6) is -1.99. The van der Waals surface area contributed by atoms with Crippen LogP contribution in [0.2, 0.25) is 0 Å². The maximum absolute atomic E-state index is 12.4. The fourth-order valence-corrected chi connectivity index (χ4v) is 2.65. The molecule has 0 saturated carbocycles. The molecule has 0 bridgehead atoms. The number of thioether (sulfide) groups is 1. The minimum Gasteiger partial charge on any atom is -0.480 e. The van der Waals surface area contributed by atoms with Crippen molar-refractivity contribution in [3.05, 3.63) is 0 Å². The number of amides is 3. The SMILES string of the molecule is CSCCC(NC(=O)C(C)N)C(=O)NC(C)C(=O)NC(CC(C)C)C(=O)O. The molecule has 0 saturated heterocycles. The van der Waals surface area contributed by atoms with Crippen molar-refractivity contribution < 1.29 is 24.3 Å². The topological polar surface area (TPSA) is 151 Å². The molecular formula is C17H32N4O5S. The van der Waals surface area contributed by atoms with Gasteiger partial charge >= 0.3 is 5.97 Å². The van der Waals surface area contributed by atoms with Crippen molar-refractivity contribution >= 4 is 35.5 Å². The molecule has 156 valence electrons. The van der Waals surface area contributed by atoms with Gasteiger partial charge in [0, 0.05) is 0 Å². The quantitative estimate of drug-likeness (QED) is 0.299. The third kappa shape index (κ3) is 10.2. The zero-order chi connectivity index (χ0) is 21.1. The summed E-state index contributed by atoms with van der Waals surface area (Å²) >= 11 is 1.52. The van der Waals surface area contributed by atoms with Crippen LogP contribution in [0.3, 0.4) is 0 Å². The first kappa shape index (κ1) is 25.2. The molecule has 0 aliphatic heterocycles. The Labute approximate surface area is 164 Å². The van der Waals surface area contributed by atoms with E-state index in [0.29, 0.717) is 12.2 Å². The second kappa shape index (κ2) is 12.6. The van der Waals surface area contributed by atoms with Crippen LogP contribution in [0.15, 0.2) is 0 Å². The van der Waals surface area contributed by atoms with Gasteiger partial charge in [-0.15, -0.1) is 0 Å². The van der Waals surface area contributed by atoms with Crippen LogP contribution in [0.1, 0.15) is 40.5 Å². The van der Waals surface area contributed by atoms with E-state index in [-0.39, 0.29) is 12.3 Å². The maximum Gasteiger partial charge on any atom is 0.326 e. The Kier molecular flexibility index (Phi) is 11.7. The van der Waals surface area contributed by atoms with E-state index in [1.165, 1.54) is 25.6 Å². The molecule has 0 radical (unpaired) electrons. The molecule has 4 unspecified atom stereocenters. The lowest BCUT2D eigenvalue weighted by molar-refractivity contribution is -0.142. The van der Waals surface area contributed by atoms with Crippen molar-refractivity contribution in [2.45, 2.75) is 64.7 Å². The molecule has 0 rings (SSSR count). The minimum atomic E-state index is -1.13. The van der Waals surface area contributed by atoms with Crippen LogP contribution < -0.4 is 21.7 Å². The van der Waals surface area contributed by atoms with E-state index < -0.39 is 47.9 Å². The van der Waals surface area contributed by atoms with Gasteiger partial charge < -0.3 is 26.8 Å². The van der Waals surface area contributed by atoms with E-state index in [9.17, 15) is 24.3 Å². The Hall–Kier alpha value is -1.81. The molecule has 9 nitrogen and oxygen atoms in total. The number of aliphatic carboxylic acids is 1. The summed E-state index contributed by atoms with van der Waals surface area (Å²) in [7, 11) is 0. The first-order valence-electron chi connectivity index (χ1n) is 8.88. The molecule has 27 heavy (non-hydrogen) atoms. The third-order valence-electron chi connectivity index (χ3n) is 3.73. The van der Waals surface area contributed by atoms with Gasteiger partial charge in [0.2, 0.25) is 17.7 Å². The molecule has 6 N–H and O–H groups in total. The lowest BCUT2D eigenvalue weighted by Crippen LogP contribution is -2.56. The van der Waals surface area contributed by atoms with E-state index in [4.69, 9.17) is 5.73 Å². The number of carbonyl (C=O) groups is 4. The Morgan fingerprint density at radius 2 is 1.48 bits per heavy atom. The summed E-state index contributed by atoms with van der Waals surface area (Å²) in [5, 5.41) is 16.7. The molecule has 0 spiro atoms. The molecule has 0 fully saturated rings. The van der Waals surface area contributed by atoms with Crippen molar-refractivity contribution in [3.8, 4) is 0 Å². The monoisotopic (exact) mass is 404 g/mol. The van der Waals surface area contributed by atoms with E-state index >= 15 is 0 Å². The van der Waals surface area contributed by atoms with Crippen LogP contribution in [-0.2, 0) is 19.2 Å². The van der Waals surface area contributed by atoms with E-state index in [1.54, 1.807) is 0 Å². The average Bonchev–Trinajstić information content (AvgIpc) is 2.56. The zero-order valence-corrected chi connectivity index (χ0v) is 17.4. The van der Waals surface area contributed by atoms with Gasteiger partial charge in [-0.05, 0) is 44.6 Å². The molecule has 0 aromatic rings. The molecule has 3 amide bonds. The summed E-state index contributed by atoms with van der Waals surface area (Å²) in [4.78, 5) is 47.7. The predicted molar refractivity (Wildman–Crippen MR) is 105 cm³/mol. The van der Waals surface area contributed by atoms with Crippen LogP contribution in [0.25, 0.3) is 0 Å². The fraction of sp³-hybridized carbons (Fsp3) is 0.765. The van der Waals surface area contributed by atoms with Crippen LogP contribution in [0, 0.1) is 5.92 Å². The van der Waals surface area contributed by atoms with E-state index in [0.717, 1.165) is 0 Å². The lowest BCUT2D eigenvalue weighted by Gasteiger charge is -2.23. The van der Waals surface area contributed by atoms with Crippen LogP contribution in [0.5, 0.6) is 0 Å². The second-order valence-corrected chi connectivity index (χ2v) is 7.88. The summed E-state index contributed by atoms with van der Waals surface area (Å²) in [6.45, 7) is 6.67. The Morgan fingerprint density at radius 3 is 1.93 bits per heavy atom. The summed E-state index contributed by atoms with van der Waals surface area (Å²) in [5.41, 5.74) is 5.52. The normalized spacial score (nSPS) is 15.4. The highest BCUT2D eigenvalue weighted by atomic mass is 32.2. The first-order chi connectivity index (χ1) is 12.5. The van der Waals surface area contributed by atoms with Gasteiger partial charge in [0.25, 0.3) is 0 Å². The largest absolute Gasteiger partial charge is 0.480 e. The number of hydrogen-bond donors (Lipinski definition) is 5. The number of hydrogen-bond acceptors (Lipinski definition) is 6. The summed E-state index contributed by atoms with van der Waals surface area (Å²) < 4.78 is 0. The fourth-order valence-electron chi connectivity index (χ4n) is 2.18. The number of carboxylic acid groups (broad SMARTS) is 1. The van der Waals surface area contributed by atoms with Crippen molar-refractivity contribution in [1.82, 2.24) is 16.0 Å². The first-order valence-corrected chi connectivity index (χ1v) is 10.3. The minimum absolute atomic E-state index is 0.0840. The van der Waals surface area contributed by atoms with Gasteiger partial charge in [-0.1, -0.05) is 13.8 Å². The Morgan fingerprint density at radius 1 is 0.926 bits per heavy atom. The van der Waals surface area contributed by atoms with Crippen molar-refractivity contribution in [2.24, 2.45) is 11.7 Å². The molecule has 0 aliphatic carbocycles. The number of carboxylic acids is 1. The molecule has 0 heterocycles. The highest BCUT2D eigenvalue weighted by Crippen LogP contribution is 2.06. The highest BCUT2D eigenvalue weighted by molar-refractivity contribution is 7.98. The number of nitrogens with two attached hydrogens (primary N) is 1. The molecular weight excluding hydrogens is 372 g/mol. The molecule has 4 atom stereocenters. The van der Waals surface area contributed by atoms with Crippen LogP contribution in [-0.4, -0.2) is 65.0 Å². The van der Waals surface area contributed by atoms with Crippen LogP contribution in [0.4, 0.5) is 0 Å². The molecule has 0 aliphatic rings. The third-order valence-corrected chi connectivity index (χ3v) is 4.37. The molecule has 0 aromatic carbocycles. The van der Waals surface area contributed by atoms with Gasteiger partial charge in [0.15, 0.2) is 0 Å². The Bertz CT molecular complexity index is 527. The number of carbonyl (C=O) groups excluding carboxylic acids is 3. The summed E-state index contributed by atoms with van der Waals surface area (Å²) in [6.07, 6.45) is 2.53.